The van der Waals surface area contributed by atoms with Crippen LogP contribution in [-0.2, 0) is 19.2 Å². The number of likely N-dealkylation sites (tertiary alicyclic amines) is 1. The Morgan fingerprint density at radius 3 is 2.28 bits per heavy atom. The number of hydrogen-bond acceptors (Lipinski definition) is 8. The monoisotopic (exact) mass is 639 g/mol. The molecular formula is C34H49N5O7. The van der Waals surface area contributed by atoms with E-state index in [0.717, 1.165) is 12.8 Å². The van der Waals surface area contributed by atoms with Gasteiger partial charge in [0.15, 0.2) is 5.78 Å². The summed E-state index contributed by atoms with van der Waals surface area (Å²) in [4.78, 5) is 85.2. The van der Waals surface area contributed by atoms with E-state index >= 15 is 0 Å². The molecule has 0 radical (unpaired) electrons. The van der Waals surface area contributed by atoms with Crippen LogP contribution in [0, 0.1) is 40.4 Å². The molecule has 2 saturated carbocycles. The fourth-order valence-electron chi connectivity index (χ4n) is 6.97. The van der Waals surface area contributed by atoms with Crippen molar-refractivity contribution in [2.75, 3.05) is 13.7 Å². The summed E-state index contributed by atoms with van der Waals surface area (Å²) in [5.41, 5.74) is 4.54. The van der Waals surface area contributed by atoms with Crippen LogP contribution in [0.4, 0.5) is 4.79 Å². The molecule has 1 aliphatic heterocycles. The molecule has 0 aromatic carbocycles. The van der Waals surface area contributed by atoms with Gasteiger partial charge in [0, 0.05) is 24.9 Å². The maximum absolute atomic E-state index is 14.3. The van der Waals surface area contributed by atoms with Crippen molar-refractivity contribution in [3.8, 4) is 5.88 Å². The van der Waals surface area contributed by atoms with Gasteiger partial charge in [0.25, 0.3) is 5.91 Å². The standard InChI is InChI=1S/C34H49N5O7/c1-17(2)25(28(42)21-10-9-11-23(36-21)46-8)37-32(45)38-29(33(3,4)5)31(44)39-16-20-24(34(20,6)7)26(39)22(40)15-19(14-18-12-13-18)27(41)30(35)43/h9-11,17-20,24-26,29H,12-16H2,1-8H3,(H2,35,43)(H2,37,38,45)/t19?,20-,24-,25-,26+,29+/m0/s1. The lowest BCUT2D eigenvalue weighted by Gasteiger charge is -2.38. The Morgan fingerprint density at radius 2 is 1.74 bits per heavy atom. The van der Waals surface area contributed by atoms with Crippen LogP contribution in [0.25, 0.3) is 0 Å². The summed E-state index contributed by atoms with van der Waals surface area (Å²) >= 11 is 0. The predicted molar refractivity (Wildman–Crippen MR) is 170 cm³/mol. The number of carbonyl (C=O) groups is 6. The number of nitrogens with two attached hydrogens (primary N) is 1. The van der Waals surface area contributed by atoms with Crippen molar-refractivity contribution in [3.05, 3.63) is 23.9 Å². The van der Waals surface area contributed by atoms with E-state index in [-0.39, 0.29) is 46.9 Å². The summed E-state index contributed by atoms with van der Waals surface area (Å²) in [6, 6.07) is 1.35. The molecule has 1 aromatic heterocycles. The maximum atomic E-state index is 14.3. The molecule has 252 valence electrons. The van der Waals surface area contributed by atoms with Gasteiger partial charge in [-0.3, -0.25) is 24.0 Å². The molecule has 2 heterocycles. The van der Waals surface area contributed by atoms with Gasteiger partial charge in [-0.2, -0.15) is 0 Å². The van der Waals surface area contributed by atoms with Gasteiger partial charge in [-0.05, 0) is 47.0 Å². The number of amides is 4. The third kappa shape index (κ3) is 7.41. The van der Waals surface area contributed by atoms with Crippen molar-refractivity contribution in [1.29, 1.82) is 0 Å². The van der Waals surface area contributed by atoms with Gasteiger partial charge < -0.3 is 26.0 Å². The Labute approximate surface area is 270 Å². The Balaban J connectivity index is 1.53. The summed E-state index contributed by atoms with van der Waals surface area (Å²) in [6.07, 6.45) is 2.17. The fourth-order valence-corrected chi connectivity index (χ4v) is 6.97. The van der Waals surface area contributed by atoms with Gasteiger partial charge in [0.05, 0.1) is 19.2 Å². The number of urea groups is 1. The number of hydrogen-bond donors (Lipinski definition) is 3. The van der Waals surface area contributed by atoms with Gasteiger partial charge in [-0.15, -0.1) is 0 Å². The quantitative estimate of drug-likeness (QED) is 0.205. The first-order valence-corrected chi connectivity index (χ1v) is 16.2. The third-order valence-electron chi connectivity index (χ3n) is 10.0. The molecule has 6 atom stereocenters. The van der Waals surface area contributed by atoms with Crippen LogP contribution in [0.3, 0.4) is 0 Å². The number of ketones is 3. The molecule has 12 nitrogen and oxygen atoms in total. The first-order chi connectivity index (χ1) is 21.4. The minimum absolute atomic E-state index is 0.0897. The van der Waals surface area contributed by atoms with Crippen LogP contribution >= 0.6 is 0 Å². The molecule has 46 heavy (non-hydrogen) atoms. The lowest BCUT2D eigenvalue weighted by atomic mass is 9.84. The van der Waals surface area contributed by atoms with Crippen molar-refractivity contribution < 1.29 is 33.5 Å². The van der Waals surface area contributed by atoms with Crippen molar-refractivity contribution in [1.82, 2.24) is 20.5 Å². The van der Waals surface area contributed by atoms with E-state index in [1.807, 2.05) is 20.8 Å². The predicted octanol–water partition coefficient (Wildman–Crippen LogP) is 2.92. The minimum Gasteiger partial charge on any atom is -0.481 e. The molecule has 4 rings (SSSR count). The number of primary amides is 1. The van der Waals surface area contributed by atoms with E-state index in [9.17, 15) is 28.8 Å². The largest absolute Gasteiger partial charge is 0.481 e. The topological polar surface area (TPSA) is 178 Å². The van der Waals surface area contributed by atoms with E-state index < -0.39 is 58.9 Å². The van der Waals surface area contributed by atoms with Crippen LogP contribution in [0.5, 0.6) is 5.88 Å². The fraction of sp³-hybridized carbons (Fsp3) is 0.676. The summed E-state index contributed by atoms with van der Waals surface area (Å²) in [5, 5.41) is 5.54. The van der Waals surface area contributed by atoms with Gasteiger partial charge >= 0.3 is 6.03 Å². The number of aromatic nitrogens is 1. The zero-order chi connectivity index (χ0) is 34.3. The van der Waals surface area contributed by atoms with E-state index in [1.54, 1.807) is 36.9 Å². The van der Waals surface area contributed by atoms with Crippen LogP contribution in [0.15, 0.2) is 18.2 Å². The Bertz CT molecular complexity index is 1400. The molecule has 4 amide bonds. The first-order valence-electron chi connectivity index (χ1n) is 16.2. The molecule has 0 spiro atoms. The van der Waals surface area contributed by atoms with E-state index in [4.69, 9.17) is 10.5 Å². The molecule has 0 bridgehead atoms. The first kappa shape index (κ1) is 35.0. The summed E-state index contributed by atoms with van der Waals surface area (Å²) in [6.45, 7) is 13.5. The van der Waals surface area contributed by atoms with Crippen LogP contribution in [0.2, 0.25) is 0 Å². The highest BCUT2D eigenvalue weighted by Gasteiger charge is 2.69. The molecular weight excluding hydrogens is 590 g/mol. The number of piperidine rings is 1. The molecule has 12 heteroatoms. The maximum Gasteiger partial charge on any atom is 0.316 e. The lowest BCUT2D eigenvalue weighted by molar-refractivity contribution is -0.144. The molecule has 1 unspecified atom stereocenters. The number of fused-ring (bicyclic) bond motifs is 1. The zero-order valence-electron chi connectivity index (χ0n) is 28.2. The van der Waals surface area contributed by atoms with Gasteiger partial charge in [0.2, 0.25) is 23.4 Å². The van der Waals surface area contributed by atoms with Crippen LogP contribution in [-0.4, -0.2) is 76.9 Å². The van der Waals surface area contributed by atoms with Gasteiger partial charge in [-0.25, -0.2) is 9.78 Å². The number of rotatable bonds is 14. The van der Waals surface area contributed by atoms with Crippen molar-refractivity contribution in [3.63, 3.8) is 0 Å². The second-order valence-electron chi connectivity index (χ2n) is 15.2. The summed E-state index contributed by atoms with van der Waals surface area (Å²) < 4.78 is 5.14. The van der Waals surface area contributed by atoms with E-state index in [2.05, 4.69) is 29.5 Å². The number of methoxy groups -OCH3 is 1. The molecule has 3 aliphatic rings. The zero-order valence-corrected chi connectivity index (χ0v) is 28.2. The number of Topliss-reactive ketones (excluding diaryl/α,β-unsaturated/α-hetero) is 3. The lowest BCUT2D eigenvalue weighted by Crippen LogP contribution is -2.61. The van der Waals surface area contributed by atoms with Crippen molar-refractivity contribution >= 4 is 35.2 Å². The summed E-state index contributed by atoms with van der Waals surface area (Å²) in [7, 11) is 1.45. The molecule has 2 aliphatic carbocycles. The molecule has 1 saturated heterocycles. The number of pyridine rings is 1. The Hall–Kier alpha value is -3.83. The molecule has 4 N–H and O–H groups in total. The summed E-state index contributed by atoms with van der Waals surface area (Å²) in [5.74, 6) is -3.41. The SMILES string of the molecule is COc1cccc(C(=O)[C@@H](NC(=O)N[C@H](C(=O)N2C[C@H]3[C@@H]([C@H]2C(=O)CC(CC2CC2)C(=O)C(N)=O)C3(C)C)C(C)(C)C)C(C)C)n1. The molecule has 1 aromatic rings. The minimum atomic E-state index is -1.05. The number of nitrogens with zero attached hydrogens (tertiary/aromatic N) is 2. The average molecular weight is 640 g/mol. The Kier molecular flexibility index (Phi) is 9.99. The van der Waals surface area contributed by atoms with Crippen molar-refractivity contribution in [2.24, 2.45) is 46.2 Å². The second kappa shape index (κ2) is 13.1. The second-order valence-corrected chi connectivity index (χ2v) is 15.2. The number of carbonyl (C=O) groups excluding carboxylic acids is 6. The third-order valence-corrected chi connectivity index (χ3v) is 10.0. The van der Waals surface area contributed by atoms with Gasteiger partial charge in [0.1, 0.15) is 11.7 Å². The average Bonchev–Trinajstić information content (AvgIpc) is 3.83. The highest BCUT2D eigenvalue weighted by molar-refractivity contribution is 6.36. The number of nitrogens with one attached hydrogen (secondary N) is 2. The normalized spacial score (nSPS) is 23.5. The smallest absolute Gasteiger partial charge is 0.316 e. The van der Waals surface area contributed by atoms with Gasteiger partial charge in [-0.1, -0.05) is 67.4 Å². The molecule has 3 fully saturated rings. The van der Waals surface area contributed by atoms with Crippen LogP contribution in [0.1, 0.15) is 84.6 Å². The van der Waals surface area contributed by atoms with E-state index in [0.29, 0.717) is 18.9 Å². The Morgan fingerprint density at radius 1 is 1.09 bits per heavy atom. The number of ether oxygens (including phenoxy) is 1. The van der Waals surface area contributed by atoms with Crippen LogP contribution < -0.4 is 21.1 Å². The highest BCUT2D eigenvalue weighted by Crippen LogP contribution is 2.65. The highest BCUT2D eigenvalue weighted by atomic mass is 16.5. The van der Waals surface area contributed by atoms with E-state index in [1.165, 1.54) is 7.11 Å². The van der Waals surface area contributed by atoms with Crippen molar-refractivity contribution in [2.45, 2.75) is 92.3 Å².